The second-order valence-corrected chi connectivity index (χ2v) is 5.72. The largest absolute Gasteiger partial charge is 0.351 e. The van der Waals surface area contributed by atoms with Crippen LogP contribution in [0, 0.1) is 11.6 Å². The first kappa shape index (κ1) is 18.5. The van der Waals surface area contributed by atoms with E-state index in [9.17, 15) is 18.4 Å². The lowest BCUT2D eigenvalue weighted by Gasteiger charge is -2.11. The zero-order valence-electron chi connectivity index (χ0n) is 14.0. The van der Waals surface area contributed by atoms with E-state index in [2.05, 4.69) is 10.6 Å². The summed E-state index contributed by atoms with van der Waals surface area (Å²) >= 11 is 0. The topological polar surface area (TPSA) is 61.4 Å². The van der Waals surface area contributed by atoms with Crippen molar-refractivity contribution >= 4 is 17.5 Å². The predicted octanol–water partition coefficient (Wildman–Crippen LogP) is 2.51. The molecule has 0 saturated carbocycles. The molecule has 0 bridgehead atoms. The molecule has 132 valence electrons. The number of likely N-dealkylation sites (N-methyl/N-ethyl adjacent to an activating group) is 1. The highest BCUT2D eigenvalue weighted by Crippen LogP contribution is 2.16. The van der Waals surface area contributed by atoms with Gasteiger partial charge in [0.15, 0.2) is 0 Å². The van der Waals surface area contributed by atoms with Crippen LogP contribution in [0.15, 0.2) is 42.5 Å². The quantitative estimate of drug-likeness (QED) is 0.844. The van der Waals surface area contributed by atoms with Gasteiger partial charge in [0.05, 0.1) is 5.69 Å². The Morgan fingerprint density at radius 3 is 2.32 bits per heavy atom. The van der Waals surface area contributed by atoms with E-state index in [1.54, 1.807) is 12.1 Å². The van der Waals surface area contributed by atoms with Crippen molar-refractivity contribution in [1.82, 2.24) is 10.2 Å². The Hall–Kier alpha value is -2.80. The Labute approximate surface area is 144 Å². The number of nitrogens with zero attached hydrogens (tertiary/aromatic N) is 1. The van der Waals surface area contributed by atoms with Gasteiger partial charge in [0, 0.05) is 30.3 Å². The molecule has 2 aromatic carbocycles. The van der Waals surface area contributed by atoms with E-state index in [1.807, 2.05) is 19.0 Å². The van der Waals surface area contributed by atoms with Gasteiger partial charge < -0.3 is 15.5 Å². The highest BCUT2D eigenvalue weighted by molar-refractivity contribution is 6.06. The van der Waals surface area contributed by atoms with Gasteiger partial charge in [-0.3, -0.25) is 9.59 Å². The molecule has 0 saturated heterocycles. The van der Waals surface area contributed by atoms with Crippen LogP contribution in [-0.2, 0) is 0 Å². The van der Waals surface area contributed by atoms with Gasteiger partial charge in [0.25, 0.3) is 11.8 Å². The zero-order chi connectivity index (χ0) is 18.4. The third kappa shape index (κ3) is 5.36. The molecule has 2 aromatic rings. The highest BCUT2D eigenvalue weighted by atomic mass is 19.1. The van der Waals surface area contributed by atoms with Crippen molar-refractivity contribution in [3.05, 3.63) is 65.2 Å². The first-order valence-corrected chi connectivity index (χ1v) is 7.66. The first-order chi connectivity index (χ1) is 11.9. The smallest absolute Gasteiger partial charge is 0.255 e. The van der Waals surface area contributed by atoms with Crippen LogP contribution in [-0.4, -0.2) is 43.9 Å². The van der Waals surface area contributed by atoms with Crippen molar-refractivity contribution in [2.75, 3.05) is 32.5 Å². The average Bonchev–Trinajstić information content (AvgIpc) is 2.57. The molecule has 2 amide bonds. The van der Waals surface area contributed by atoms with Crippen molar-refractivity contribution in [2.24, 2.45) is 0 Å². The standard InChI is InChI=1S/C18H19F2N3O2/c1-23(2)9-8-21-17(24)12-4-3-5-13(10-12)18(25)22-16-7-6-14(19)11-15(16)20/h3-7,10-11H,8-9H2,1-2H3,(H,21,24)(H,22,25). The van der Waals surface area contributed by atoms with Crippen LogP contribution < -0.4 is 10.6 Å². The first-order valence-electron chi connectivity index (χ1n) is 7.66. The van der Waals surface area contributed by atoms with Gasteiger partial charge in [-0.1, -0.05) is 6.07 Å². The minimum atomic E-state index is -0.870. The Kier molecular flexibility index (Phi) is 6.19. The molecular weight excluding hydrogens is 328 g/mol. The van der Waals surface area contributed by atoms with Crippen LogP contribution in [0.1, 0.15) is 20.7 Å². The van der Waals surface area contributed by atoms with Crippen molar-refractivity contribution in [1.29, 1.82) is 0 Å². The normalized spacial score (nSPS) is 10.6. The molecule has 25 heavy (non-hydrogen) atoms. The Balaban J connectivity index is 2.06. The monoisotopic (exact) mass is 347 g/mol. The van der Waals surface area contributed by atoms with Crippen molar-refractivity contribution in [2.45, 2.75) is 0 Å². The maximum atomic E-state index is 13.6. The lowest BCUT2D eigenvalue weighted by atomic mass is 10.1. The van der Waals surface area contributed by atoms with E-state index in [-0.39, 0.29) is 17.2 Å². The Bertz CT molecular complexity index is 779. The second-order valence-electron chi connectivity index (χ2n) is 5.72. The highest BCUT2D eigenvalue weighted by Gasteiger charge is 2.13. The number of anilines is 1. The molecule has 2 rings (SSSR count). The summed E-state index contributed by atoms with van der Waals surface area (Å²) in [6, 6.07) is 8.95. The van der Waals surface area contributed by atoms with Crippen LogP contribution in [0.2, 0.25) is 0 Å². The summed E-state index contributed by atoms with van der Waals surface area (Å²) < 4.78 is 26.5. The molecule has 0 radical (unpaired) electrons. The van der Waals surface area contributed by atoms with E-state index >= 15 is 0 Å². The van der Waals surface area contributed by atoms with Crippen LogP contribution >= 0.6 is 0 Å². The number of carbonyl (C=O) groups is 2. The number of carbonyl (C=O) groups excluding carboxylic acids is 2. The summed E-state index contributed by atoms with van der Waals surface area (Å²) in [5, 5.41) is 5.11. The summed E-state index contributed by atoms with van der Waals surface area (Å²) in [6.07, 6.45) is 0. The second kappa shape index (κ2) is 8.34. The van der Waals surface area contributed by atoms with Gasteiger partial charge in [-0.05, 0) is 44.4 Å². The van der Waals surface area contributed by atoms with E-state index in [1.165, 1.54) is 12.1 Å². The number of hydrogen-bond acceptors (Lipinski definition) is 3. The Morgan fingerprint density at radius 2 is 1.68 bits per heavy atom. The molecule has 0 heterocycles. The molecule has 0 unspecified atom stereocenters. The molecule has 7 heteroatoms. The molecule has 2 N–H and O–H groups in total. The van der Waals surface area contributed by atoms with Gasteiger partial charge >= 0.3 is 0 Å². The third-order valence-corrected chi connectivity index (χ3v) is 3.41. The lowest BCUT2D eigenvalue weighted by Crippen LogP contribution is -2.31. The van der Waals surface area contributed by atoms with Crippen LogP contribution in [0.4, 0.5) is 14.5 Å². The number of nitrogens with one attached hydrogen (secondary N) is 2. The third-order valence-electron chi connectivity index (χ3n) is 3.41. The maximum absolute atomic E-state index is 13.6. The summed E-state index contributed by atoms with van der Waals surface area (Å²) in [4.78, 5) is 26.2. The van der Waals surface area contributed by atoms with E-state index in [0.29, 0.717) is 24.7 Å². The summed E-state index contributed by atoms with van der Waals surface area (Å²) in [5.74, 6) is -2.49. The maximum Gasteiger partial charge on any atom is 0.255 e. The molecule has 0 aromatic heterocycles. The van der Waals surface area contributed by atoms with Crippen LogP contribution in [0.5, 0.6) is 0 Å². The van der Waals surface area contributed by atoms with Crippen molar-refractivity contribution in [3.63, 3.8) is 0 Å². The molecule has 0 atom stereocenters. The van der Waals surface area contributed by atoms with E-state index in [4.69, 9.17) is 0 Å². The minimum absolute atomic E-state index is 0.132. The van der Waals surface area contributed by atoms with Gasteiger partial charge in [0.2, 0.25) is 0 Å². The Morgan fingerprint density at radius 1 is 1.00 bits per heavy atom. The fourth-order valence-electron chi connectivity index (χ4n) is 2.08. The van der Waals surface area contributed by atoms with Gasteiger partial charge in [-0.25, -0.2) is 8.78 Å². The van der Waals surface area contributed by atoms with Crippen molar-refractivity contribution < 1.29 is 18.4 Å². The summed E-state index contributed by atoms with van der Waals surface area (Å²) in [6.45, 7) is 1.17. The molecule has 0 fully saturated rings. The number of hydrogen-bond donors (Lipinski definition) is 2. The van der Waals surface area contributed by atoms with Gasteiger partial charge in [-0.15, -0.1) is 0 Å². The van der Waals surface area contributed by atoms with Gasteiger partial charge in [0.1, 0.15) is 11.6 Å². The lowest BCUT2D eigenvalue weighted by molar-refractivity contribution is 0.0951. The van der Waals surface area contributed by atoms with Crippen LogP contribution in [0.3, 0.4) is 0 Å². The predicted molar refractivity (Wildman–Crippen MR) is 91.6 cm³/mol. The van der Waals surface area contributed by atoms with Gasteiger partial charge in [-0.2, -0.15) is 0 Å². The average molecular weight is 347 g/mol. The molecule has 5 nitrogen and oxygen atoms in total. The summed E-state index contributed by atoms with van der Waals surface area (Å²) in [7, 11) is 3.79. The summed E-state index contributed by atoms with van der Waals surface area (Å²) in [5.41, 5.74) is 0.391. The van der Waals surface area contributed by atoms with E-state index < -0.39 is 17.5 Å². The fraction of sp³-hybridized carbons (Fsp3) is 0.222. The zero-order valence-corrected chi connectivity index (χ0v) is 14.0. The van der Waals surface area contributed by atoms with Crippen molar-refractivity contribution in [3.8, 4) is 0 Å². The molecule has 0 spiro atoms. The molecular formula is C18H19F2N3O2. The minimum Gasteiger partial charge on any atom is -0.351 e. The number of amides is 2. The number of halogens is 2. The van der Waals surface area contributed by atoms with Crippen LogP contribution in [0.25, 0.3) is 0 Å². The molecule has 0 aliphatic rings. The molecule has 0 aliphatic heterocycles. The number of benzene rings is 2. The molecule has 0 aliphatic carbocycles. The van der Waals surface area contributed by atoms with E-state index in [0.717, 1.165) is 12.1 Å². The number of rotatable bonds is 6. The fourth-order valence-corrected chi connectivity index (χ4v) is 2.08. The SMILES string of the molecule is CN(C)CCNC(=O)c1cccc(C(=O)Nc2ccc(F)cc2F)c1.